The van der Waals surface area contributed by atoms with Gasteiger partial charge in [-0.1, -0.05) is 27.7 Å². The normalized spacial score (nSPS) is 45.2. The van der Waals surface area contributed by atoms with Crippen molar-refractivity contribution in [2.24, 2.45) is 16.7 Å². The third kappa shape index (κ3) is 1.83. The Labute approximate surface area is 111 Å². The van der Waals surface area contributed by atoms with Crippen LogP contribution in [0.15, 0.2) is 0 Å². The molecule has 2 bridgehead atoms. The second kappa shape index (κ2) is 4.19. The van der Waals surface area contributed by atoms with Gasteiger partial charge in [0, 0.05) is 12.6 Å². The minimum atomic E-state index is -0.679. The highest BCUT2D eigenvalue weighted by Crippen LogP contribution is 2.65. The molecule has 2 aliphatic rings. The summed E-state index contributed by atoms with van der Waals surface area (Å²) in [5.74, 6) is 0.395. The van der Waals surface area contributed by atoms with E-state index in [0.29, 0.717) is 12.5 Å². The number of hydrogen-bond donors (Lipinski definition) is 3. The Bertz CT molecular complexity index is 326. The van der Waals surface area contributed by atoms with Gasteiger partial charge in [0.05, 0.1) is 11.7 Å². The van der Waals surface area contributed by atoms with Crippen molar-refractivity contribution in [3.8, 4) is 0 Å². The molecule has 0 aliphatic heterocycles. The van der Waals surface area contributed by atoms with Crippen molar-refractivity contribution in [1.29, 1.82) is 0 Å². The predicted octanol–water partition coefficient (Wildman–Crippen LogP) is 1.92. The van der Waals surface area contributed by atoms with E-state index in [1.165, 1.54) is 6.42 Å². The summed E-state index contributed by atoms with van der Waals surface area (Å²) in [6, 6.07) is 0.115. The van der Waals surface area contributed by atoms with Crippen molar-refractivity contribution in [3.63, 3.8) is 0 Å². The fourth-order valence-electron chi connectivity index (χ4n) is 4.13. The molecule has 0 heterocycles. The zero-order valence-electron chi connectivity index (χ0n) is 12.5. The first-order valence-electron chi connectivity index (χ1n) is 7.29. The van der Waals surface area contributed by atoms with Crippen LogP contribution in [0.5, 0.6) is 0 Å². The molecule has 3 heteroatoms. The maximum atomic E-state index is 10.5. The molecular formula is C15H29NO2. The van der Waals surface area contributed by atoms with Gasteiger partial charge < -0.3 is 15.5 Å². The van der Waals surface area contributed by atoms with Crippen molar-refractivity contribution in [2.75, 3.05) is 6.54 Å². The largest absolute Gasteiger partial charge is 0.391 e. The second-order valence-corrected chi connectivity index (χ2v) is 7.48. The van der Waals surface area contributed by atoms with Gasteiger partial charge in [-0.25, -0.2) is 0 Å². The Morgan fingerprint density at radius 2 is 1.94 bits per heavy atom. The topological polar surface area (TPSA) is 52.5 Å². The van der Waals surface area contributed by atoms with Crippen molar-refractivity contribution >= 4 is 0 Å². The highest BCUT2D eigenvalue weighted by molar-refractivity contribution is 5.17. The molecule has 18 heavy (non-hydrogen) atoms. The zero-order chi connectivity index (χ0) is 13.8. The summed E-state index contributed by atoms with van der Waals surface area (Å²) < 4.78 is 0. The van der Waals surface area contributed by atoms with Crippen molar-refractivity contribution in [1.82, 2.24) is 5.32 Å². The van der Waals surface area contributed by atoms with Crippen LogP contribution in [0.25, 0.3) is 0 Å². The predicted molar refractivity (Wildman–Crippen MR) is 73.3 cm³/mol. The zero-order valence-corrected chi connectivity index (χ0v) is 12.5. The van der Waals surface area contributed by atoms with Crippen molar-refractivity contribution in [2.45, 2.75) is 71.6 Å². The summed E-state index contributed by atoms with van der Waals surface area (Å²) in [6.45, 7) is 11.3. The molecule has 0 saturated heterocycles. The maximum Gasteiger partial charge on any atom is 0.0741 e. The first kappa shape index (κ1) is 14.3. The Hall–Kier alpha value is -0.120. The minimum Gasteiger partial charge on any atom is -0.391 e. The maximum absolute atomic E-state index is 10.5. The van der Waals surface area contributed by atoms with Gasteiger partial charge in [-0.15, -0.1) is 0 Å². The lowest BCUT2D eigenvalue weighted by atomic mass is 9.69. The third-order valence-corrected chi connectivity index (χ3v) is 6.28. The van der Waals surface area contributed by atoms with E-state index < -0.39 is 5.60 Å². The molecule has 0 unspecified atom stereocenters. The van der Waals surface area contributed by atoms with Crippen molar-refractivity contribution in [3.05, 3.63) is 0 Å². The Morgan fingerprint density at radius 1 is 1.33 bits per heavy atom. The molecule has 106 valence electrons. The fraction of sp³-hybridized carbons (Fsp3) is 1.00. The molecule has 5 atom stereocenters. The molecule has 0 aromatic carbocycles. The molecule has 3 nitrogen and oxygen atoms in total. The van der Waals surface area contributed by atoms with Gasteiger partial charge in [-0.2, -0.15) is 0 Å². The number of hydrogen-bond acceptors (Lipinski definition) is 3. The molecule has 0 aromatic rings. The molecule has 0 radical (unpaired) electrons. The number of nitrogens with one attached hydrogen (secondary N) is 1. The highest BCUT2D eigenvalue weighted by Gasteiger charge is 2.65. The first-order valence-corrected chi connectivity index (χ1v) is 7.29. The highest BCUT2D eigenvalue weighted by atomic mass is 16.3. The van der Waals surface area contributed by atoms with E-state index in [4.69, 9.17) is 0 Å². The molecule has 2 fully saturated rings. The summed E-state index contributed by atoms with van der Waals surface area (Å²) in [7, 11) is 0. The Kier molecular flexibility index (Phi) is 3.33. The van der Waals surface area contributed by atoms with Gasteiger partial charge in [0.15, 0.2) is 0 Å². The van der Waals surface area contributed by atoms with Gasteiger partial charge in [-0.05, 0) is 42.9 Å². The minimum absolute atomic E-state index is 0.115. The number of aliphatic hydroxyl groups is 2. The van der Waals surface area contributed by atoms with Gasteiger partial charge in [0.1, 0.15) is 0 Å². The van der Waals surface area contributed by atoms with Gasteiger partial charge >= 0.3 is 0 Å². The smallest absolute Gasteiger partial charge is 0.0741 e. The molecule has 2 saturated carbocycles. The van der Waals surface area contributed by atoms with E-state index in [2.05, 4.69) is 26.1 Å². The van der Waals surface area contributed by atoms with Crippen molar-refractivity contribution < 1.29 is 10.2 Å². The molecule has 3 N–H and O–H groups in total. The molecule has 2 rings (SSSR count). The van der Waals surface area contributed by atoms with Crippen LogP contribution in [-0.2, 0) is 0 Å². The first-order chi connectivity index (χ1) is 8.16. The van der Waals surface area contributed by atoms with Crippen LogP contribution in [0.1, 0.15) is 53.9 Å². The van der Waals surface area contributed by atoms with E-state index >= 15 is 0 Å². The fourth-order valence-corrected chi connectivity index (χ4v) is 4.13. The van der Waals surface area contributed by atoms with Gasteiger partial charge in [-0.3, -0.25) is 0 Å². The van der Waals surface area contributed by atoms with E-state index in [1.54, 1.807) is 0 Å². The number of fused-ring (bicyclic) bond motifs is 2. The van der Waals surface area contributed by atoms with Crippen LogP contribution < -0.4 is 5.32 Å². The average Bonchev–Trinajstić information content (AvgIpc) is 2.57. The Morgan fingerprint density at radius 3 is 2.39 bits per heavy atom. The van der Waals surface area contributed by atoms with Gasteiger partial charge in [0.2, 0.25) is 0 Å². The van der Waals surface area contributed by atoms with Crippen LogP contribution in [0, 0.1) is 16.7 Å². The van der Waals surface area contributed by atoms with Crippen LogP contribution in [0.2, 0.25) is 0 Å². The summed E-state index contributed by atoms with van der Waals surface area (Å²) >= 11 is 0. The summed E-state index contributed by atoms with van der Waals surface area (Å²) in [5.41, 5.74) is -0.356. The van der Waals surface area contributed by atoms with Crippen LogP contribution in [-0.4, -0.2) is 34.5 Å². The average molecular weight is 255 g/mol. The lowest BCUT2D eigenvalue weighted by Crippen LogP contribution is -2.53. The SMILES string of the molecule is CC[C@](C)(O)CN[C@@H]1[C@H](O)[C@H]2CC[C@@]1(C)C2(C)C. The van der Waals surface area contributed by atoms with E-state index in [9.17, 15) is 10.2 Å². The monoisotopic (exact) mass is 255 g/mol. The van der Waals surface area contributed by atoms with Crippen LogP contribution in [0.3, 0.4) is 0 Å². The molecule has 0 amide bonds. The Balaban J connectivity index is 2.11. The number of aliphatic hydroxyl groups excluding tert-OH is 1. The van der Waals surface area contributed by atoms with Gasteiger partial charge in [0.25, 0.3) is 0 Å². The second-order valence-electron chi connectivity index (χ2n) is 7.48. The van der Waals surface area contributed by atoms with E-state index in [1.807, 2.05) is 13.8 Å². The molecule has 0 aromatic heterocycles. The lowest BCUT2D eigenvalue weighted by molar-refractivity contribution is 0.0191. The summed E-state index contributed by atoms with van der Waals surface area (Å²) in [5, 5.41) is 24.1. The molecule has 2 aliphatic carbocycles. The van der Waals surface area contributed by atoms with Crippen LogP contribution >= 0.6 is 0 Å². The standard InChI is InChI=1S/C15H29NO2/c1-6-14(4,18)9-16-12-11(17)10-7-8-15(12,5)13(10,2)3/h10-12,16-18H,6-9H2,1-5H3/t10-,11-,12-,14+,15-/m1/s1. The van der Waals surface area contributed by atoms with Crippen LogP contribution in [0.4, 0.5) is 0 Å². The molecule has 0 spiro atoms. The van der Waals surface area contributed by atoms with E-state index in [-0.39, 0.29) is 23.0 Å². The summed E-state index contributed by atoms with van der Waals surface area (Å²) in [6.07, 6.45) is 2.76. The third-order valence-electron chi connectivity index (χ3n) is 6.28. The quantitative estimate of drug-likeness (QED) is 0.719. The summed E-state index contributed by atoms with van der Waals surface area (Å²) in [4.78, 5) is 0. The molecular weight excluding hydrogens is 226 g/mol. The van der Waals surface area contributed by atoms with E-state index in [0.717, 1.165) is 12.8 Å². The number of rotatable bonds is 4. The lowest BCUT2D eigenvalue weighted by Gasteiger charge is -2.41.